The molecular formula is C23H23O. The van der Waals surface area contributed by atoms with Crippen molar-refractivity contribution in [1.29, 1.82) is 0 Å². The van der Waals surface area contributed by atoms with Gasteiger partial charge in [0.1, 0.15) is 5.75 Å². The summed E-state index contributed by atoms with van der Waals surface area (Å²) in [6.45, 7) is 2.13. The summed E-state index contributed by atoms with van der Waals surface area (Å²) in [6.07, 6.45) is 2.04. The molecule has 121 valence electrons. The second-order valence-corrected chi connectivity index (χ2v) is 6.10. The number of benzene rings is 3. The second-order valence-electron chi connectivity index (χ2n) is 6.10. The fraction of sp³-hybridized carbons (Fsp3) is 0.217. The highest BCUT2D eigenvalue weighted by Gasteiger charge is 2.16. The third-order valence-corrected chi connectivity index (χ3v) is 4.59. The molecule has 0 aliphatic heterocycles. The summed E-state index contributed by atoms with van der Waals surface area (Å²) in [4.78, 5) is 0. The molecule has 0 fully saturated rings. The summed E-state index contributed by atoms with van der Waals surface area (Å²) in [7, 11) is 1.73. The number of rotatable bonds is 6. The SMILES string of the molecule is COc1c[c]cc(C)c1CCC(c1ccccc1)c1ccccc1. The van der Waals surface area contributed by atoms with Gasteiger partial charge in [0, 0.05) is 5.92 Å². The minimum atomic E-state index is 0.390. The zero-order valence-corrected chi connectivity index (χ0v) is 14.3. The average Bonchev–Trinajstić information content (AvgIpc) is 2.64. The summed E-state index contributed by atoms with van der Waals surface area (Å²) in [6, 6.07) is 28.6. The second kappa shape index (κ2) is 7.83. The minimum absolute atomic E-state index is 0.390. The Labute approximate surface area is 144 Å². The van der Waals surface area contributed by atoms with Gasteiger partial charge in [0.2, 0.25) is 0 Å². The molecule has 3 rings (SSSR count). The molecule has 0 aliphatic rings. The number of hydrogen-bond acceptors (Lipinski definition) is 1. The van der Waals surface area contributed by atoms with Gasteiger partial charge in [-0.3, -0.25) is 0 Å². The molecule has 0 heterocycles. The van der Waals surface area contributed by atoms with Crippen molar-refractivity contribution in [2.45, 2.75) is 25.7 Å². The quantitative estimate of drug-likeness (QED) is 0.578. The normalized spacial score (nSPS) is 10.8. The van der Waals surface area contributed by atoms with E-state index >= 15 is 0 Å². The lowest BCUT2D eigenvalue weighted by Crippen LogP contribution is -2.05. The zero-order valence-electron chi connectivity index (χ0n) is 14.3. The first-order valence-corrected chi connectivity index (χ1v) is 8.43. The van der Waals surface area contributed by atoms with Crippen LogP contribution in [0.2, 0.25) is 0 Å². The predicted octanol–water partition coefficient (Wildman–Crippen LogP) is 5.57. The molecule has 0 saturated heterocycles. The molecular weight excluding hydrogens is 292 g/mol. The highest BCUT2D eigenvalue weighted by molar-refractivity contribution is 5.40. The summed E-state index contributed by atoms with van der Waals surface area (Å²) < 4.78 is 5.54. The largest absolute Gasteiger partial charge is 0.496 e. The van der Waals surface area contributed by atoms with E-state index < -0.39 is 0 Å². The molecule has 0 N–H and O–H groups in total. The Morgan fingerprint density at radius 2 is 1.46 bits per heavy atom. The summed E-state index contributed by atoms with van der Waals surface area (Å²) in [5.74, 6) is 1.33. The van der Waals surface area contributed by atoms with E-state index in [0.29, 0.717) is 5.92 Å². The van der Waals surface area contributed by atoms with Crippen molar-refractivity contribution in [1.82, 2.24) is 0 Å². The van der Waals surface area contributed by atoms with Crippen molar-refractivity contribution in [3.63, 3.8) is 0 Å². The van der Waals surface area contributed by atoms with Crippen LogP contribution in [0.25, 0.3) is 0 Å². The average molecular weight is 315 g/mol. The molecule has 1 nitrogen and oxygen atoms in total. The van der Waals surface area contributed by atoms with Crippen molar-refractivity contribution in [2.24, 2.45) is 0 Å². The lowest BCUT2D eigenvalue weighted by molar-refractivity contribution is 0.408. The Balaban J connectivity index is 1.89. The van der Waals surface area contributed by atoms with Crippen molar-refractivity contribution < 1.29 is 4.74 Å². The zero-order chi connectivity index (χ0) is 16.8. The molecule has 0 amide bonds. The molecule has 0 aromatic heterocycles. The molecule has 0 unspecified atom stereocenters. The lowest BCUT2D eigenvalue weighted by atomic mass is 9.85. The van der Waals surface area contributed by atoms with Crippen molar-refractivity contribution >= 4 is 0 Å². The Kier molecular flexibility index (Phi) is 5.32. The van der Waals surface area contributed by atoms with Crippen molar-refractivity contribution in [3.05, 3.63) is 101 Å². The first-order valence-electron chi connectivity index (χ1n) is 8.43. The van der Waals surface area contributed by atoms with E-state index in [0.717, 1.165) is 18.6 Å². The van der Waals surface area contributed by atoms with E-state index in [2.05, 4.69) is 73.7 Å². The van der Waals surface area contributed by atoms with Crippen LogP contribution in [-0.2, 0) is 6.42 Å². The van der Waals surface area contributed by atoms with E-state index in [1.165, 1.54) is 22.3 Å². The molecule has 3 aromatic rings. The molecule has 0 bridgehead atoms. The highest BCUT2D eigenvalue weighted by atomic mass is 16.5. The van der Waals surface area contributed by atoms with Gasteiger partial charge in [-0.25, -0.2) is 0 Å². The Hall–Kier alpha value is -2.54. The van der Waals surface area contributed by atoms with E-state index in [1.807, 2.05) is 12.1 Å². The maximum atomic E-state index is 5.54. The van der Waals surface area contributed by atoms with E-state index in [4.69, 9.17) is 4.74 Å². The molecule has 0 aliphatic carbocycles. The topological polar surface area (TPSA) is 9.23 Å². The smallest absolute Gasteiger partial charge is 0.122 e. The van der Waals surface area contributed by atoms with Crippen LogP contribution in [0, 0.1) is 13.0 Å². The summed E-state index contributed by atoms with van der Waals surface area (Å²) in [5, 5.41) is 0. The molecule has 1 radical (unpaired) electrons. The van der Waals surface area contributed by atoms with Crippen LogP contribution in [-0.4, -0.2) is 7.11 Å². The van der Waals surface area contributed by atoms with Gasteiger partial charge in [-0.05, 0) is 54.2 Å². The standard InChI is InChI=1S/C23H23O/c1-18-10-9-15-23(24-2)21(18)16-17-22(19-11-5-3-6-12-19)20-13-7-4-8-14-20/h3-8,10-15,22H,16-17H2,1-2H3. The maximum absolute atomic E-state index is 5.54. The van der Waals surface area contributed by atoms with Gasteiger partial charge in [0.05, 0.1) is 7.11 Å². The summed E-state index contributed by atoms with van der Waals surface area (Å²) >= 11 is 0. The van der Waals surface area contributed by atoms with E-state index in [9.17, 15) is 0 Å². The Morgan fingerprint density at radius 1 is 0.875 bits per heavy atom. The van der Waals surface area contributed by atoms with Gasteiger partial charge in [-0.1, -0.05) is 66.7 Å². The van der Waals surface area contributed by atoms with Gasteiger partial charge >= 0.3 is 0 Å². The Bertz CT molecular complexity index is 723. The van der Waals surface area contributed by atoms with Crippen molar-refractivity contribution in [3.8, 4) is 5.75 Å². The molecule has 24 heavy (non-hydrogen) atoms. The molecule has 0 spiro atoms. The van der Waals surface area contributed by atoms with Crippen LogP contribution < -0.4 is 4.74 Å². The Morgan fingerprint density at radius 3 is 2.00 bits per heavy atom. The van der Waals surface area contributed by atoms with Crippen LogP contribution in [0.4, 0.5) is 0 Å². The molecule has 1 heteroatoms. The van der Waals surface area contributed by atoms with Gasteiger partial charge in [-0.2, -0.15) is 0 Å². The van der Waals surface area contributed by atoms with Crippen LogP contribution in [0.1, 0.15) is 34.6 Å². The highest BCUT2D eigenvalue weighted by Crippen LogP contribution is 2.32. The van der Waals surface area contributed by atoms with Crippen molar-refractivity contribution in [2.75, 3.05) is 7.11 Å². The fourth-order valence-electron chi connectivity index (χ4n) is 3.30. The molecule has 3 aromatic carbocycles. The number of hydrogen-bond donors (Lipinski definition) is 0. The van der Waals surface area contributed by atoms with Crippen LogP contribution in [0.5, 0.6) is 5.75 Å². The van der Waals surface area contributed by atoms with Gasteiger partial charge in [0.15, 0.2) is 0 Å². The summed E-state index contributed by atoms with van der Waals surface area (Å²) in [5.41, 5.74) is 5.26. The maximum Gasteiger partial charge on any atom is 0.122 e. The number of aryl methyl sites for hydroxylation is 1. The van der Waals surface area contributed by atoms with Crippen LogP contribution in [0.3, 0.4) is 0 Å². The monoisotopic (exact) mass is 315 g/mol. The minimum Gasteiger partial charge on any atom is -0.496 e. The number of methoxy groups -OCH3 is 1. The third kappa shape index (κ3) is 3.68. The van der Waals surface area contributed by atoms with Gasteiger partial charge in [0.25, 0.3) is 0 Å². The lowest BCUT2D eigenvalue weighted by Gasteiger charge is -2.19. The third-order valence-electron chi connectivity index (χ3n) is 4.59. The first-order chi connectivity index (χ1) is 11.8. The van der Waals surface area contributed by atoms with Crippen LogP contribution >= 0.6 is 0 Å². The number of ether oxygens (including phenoxy) is 1. The van der Waals surface area contributed by atoms with Gasteiger partial charge in [-0.15, -0.1) is 0 Å². The molecule has 0 saturated carbocycles. The van der Waals surface area contributed by atoms with Crippen LogP contribution in [0.15, 0.2) is 72.8 Å². The van der Waals surface area contributed by atoms with Gasteiger partial charge < -0.3 is 4.74 Å². The van der Waals surface area contributed by atoms with E-state index in [-0.39, 0.29) is 0 Å². The van der Waals surface area contributed by atoms with E-state index in [1.54, 1.807) is 7.11 Å². The first kappa shape index (κ1) is 16.3. The fourth-order valence-corrected chi connectivity index (χ4v) is 3.30. The predicted molar refractivity (Wildman–Crippen MR) is 99.6 cm³/mol. The molecule has 0 atom stereocenters.